The first-order chi connectivity index (χ1) is 10.5. The summed E-state index contributed by atoms with van der Waals surface area (Å²) in [6.07, 6.45) is 1.33. The van der Waals surface area contributed by atoms with Crippen LogP contribution in [0, 0.1) is 10.1 Å². The number of benzene rings is 1. The van der Waals surface area contributed by atoms with E-state index in [0.29, 0.717) is 11.3 Å². The fourth-order valence-electron chi connectivity index (χ4n) is 2.35. The number of hydrogen-bond acceptors (Lipinski definition) is 5. The Labute approximate surface area is 124 Å². The molecule has 2 aromatic rings. The van der Waals surface area contributed by atoms with Crippen molar-refractivity contribution in [2.45, 2.75) is 6.92 Å². The molecule has 7 heteroatoms. The zero-order valence-electron chi connectivity index (χ0n) is 11.5. The number of carbonyl (C=O) groups is 2. The smallest absolute Gasteiger partial charge is 0.401 e. The van der Waals surface area contributed by atoms with Crippen LogP contribution in [0.5, 0.6) is 0 Å². The molecule has 0 unspecified atom stereocenters. The Bertz CT molecular complexity index is 834. The maximum absolute atomic E-state index is 12.4. The summed E-state index contributed by atoms with van der Waals surface area (Å²) in [5.74, 6) is -0.950. The second-order valence-corrected chi connectivity index (χ2v) is 4.66. The van der Waals surface area contributed by atoms with Crippen molar-refractivity contribution in [2.75, 3.05) is 4.90 Å². The van der Waals surface area contributed by atoms with Crippen LogP contribution in [0.1, 0.15) is 23.0 Å². The highest BCUT2D eigenvalue weighted by molar-refractivity contribution is 6.26. The van der Waals surface area contributed by atoms with Gasteiger partial charge in [-0.25, -0.2) is 0 Å². The summed E-state index contributed by atoms with van der Waals surface area (Å²) in [6.45, 7) is 1.34. The number of hydrogen-bond donors (Lipinski definition) is 0. The Kier molecular flexibility index (Phi) is 3.10. The average molecular weight is 298 g/mol. The van der Waals surface area contributed by atoms with Gasteiger partial charge < -0.3 is 4.42 Å². The predicted molar refractivity (Wildman–Crippen MR) is 77.3 cm³/mol. The second kappa shape index (κ2) is 4.96. The van der Waals surface area contributed by atoms with Gasteiger partial charge in [0.2, 0.25) is 11.7 Å². The molecule has 1 amide bonds. The molecule has 7 nitrogen and oxygen atoms in total. The van der Waals surface area contributed by atoms with Crippen molar-refractivity contribution in [2.24, 2.45) is 0 Å². The van der Waals surface area contributed by atoms with Gasteiger partial charge in [0.05, 0.1) is 11.8 Å². The third kappa shape index (κ3) is 2.08. The minimum absolute atomic E-state index is 0.109. The Balaban J connectivity index is 2.09. The third-order valence-corrected chi connectivity index (χ3v) is 3.25. The minimum atomic E-state index is -0.671. The number of nitro groups is 1. The molecule has 1 aliphatic heterocycles. The molecule has 3 rings (SSSR count). The van der Waals surface area contributed by atoms with Crippen molar-refractivity contribution in [1.82, 2.24) is 0 Å². The number of anilines is 1. The summed E-state index contributed by atoms with van der Waals surface area (Å²) in [5, 5.41) is 10.6. The van der Waals surface area contributed by atoms with E-state index < -0.39 is 10.8 Å². The zero-order valence-corrected chi connectivity index (χ0v) is 11.5. The molecule has 0 bridgehead atoms. The van der Waals surface area contributed by atoms with Crippen molar-refractivity contribution in [3.8, 4) is 0 Å². The molecule has 22 heavy (non-hydrogen) atoms. The fourth-order valence-corrected chi connectivity index (χ4v) is 2.35. The average Bonchev–Trinajstić information content (AvgIpc) is 3.04. The van der Waals surface area contributed by atoms with Crippen LogP contribution in [0.4, 0.5) is 11.6 Å². The largest absolute Gasteiger partial charge is 0.433 e. The molecular formula is C15H10N2O5. The lowest BCUT2D eigenvalue weighted by Crippen LogP contribution is -2.25. The maximum atomic E-state index is 12.4. The summed E-state index contributed by atoms with van der Waals surface area (Å²) >= 11 is 0. The Hall–Kier alpha value is -3.22. The van der Waals surface area contributed by atoms with Crippen molar-refractivity contribution >= 4 is 29.3 Å². The quantitative estimate of drug-likeness (QED) is 0.482. The Morgan fingerprint density at radius 2 is 2.00 bits per heavy atom. The molecule has 1 aliphatic rings. The van der Waals surface area contributed by atoms with E-state index in [2.05, 4.69) is 0 Å². The van der Waals surface area contributed by atoms with E-state index in [0.717, 1.165) is 0 Å². The van der Waals surface area contributed by atoms with Crippen LogP contribution < -0.4 is 4.90 Å². The highest BCUT2D eigenvalue weighted by atomic mass is 16.6. The lowest BCUT2D eigenvalue weighted by Gasteiger charge is -2.15. The molecule has 1 aromatic carbocycles. The summed E-state index contributed by atoms with van der Waals surface area (Å²) < 4.78 is 5.02. The lowest BCUT2D eigenvalue weighted by atomic mass is 10.1. The third-order valence-electron chi connectivity index (χ3n) is 3.25. The Morgan fingerprint density at radius 3 is 2.64 bits per heavy atom. The van der Waals surface area contributed by atoms with E-state index in [1.807, 2.05) is 0 Å². The number of carbonyl (C=O) groups excluding carboxylic acids is 2. The van der Waals surface area contributed by atoms with Crippen LogP contribution >= 0.6 is 0 Å². The van der Waals surface area contributed by atoms with Gasteiger partial charge in [-0.1, -0.05) is 12.1 Å². The molecule has 0 radical (unpaired) electrons. The number of Topliss-reactive ketones (excluding diaryl/α,β-unsaturated/α-hetero) is 1. The maximum Gasteiger partial charge on any atom is 0.433 e. The van der Waals surface area contributed by atoms with Gasteiger partial charge >= 0.3 is 5.88 Å². The highest BCUT2D eigenvalue weighted by Gasteiger charge is 2.34. The molecule has 2 heterocycles. The van der Waals surface area contributed by atoms with Gasteiger partial charge in [-0.3, -0.25) is 24.6 Å². The molecule has 0 saturated heterocycles. The van der Waals surface area contributed by atoms with E-state index in [4.69, 9.17) is 4.42 Å². The van der Waals surface area contributed by atoms with Gasteiger partial charge in [0.25, 0.3) is 0 Å². The number of allylic oxidation sites excluding steroid dienone is 1. The number of fused-ring (bicyclic) bond motifs is 1. The molecule has 0 saturated carbocycles. The topological polar surface area (TPSA) is 93.7 Å². The van der Waals surface area contributed by atoms with Gasteiger partial charge in [-0.05, 0) is 18.2 Å². The predicted octanol–water partition coefficient (Wildman–Crippen LogP) is 2.78. The van der Waals surface area contributed by atoms with Gasteiger partial charge in [0.1, 0.15) is 16.4 Å². The minimum Gasteiger partial charge on any atom is -0.401 e. The molecule has 0 aliphatic carbocycles. The summed E-state index contributed by atoms with van der Waals surface area (Å²) in [4.78, 5) is 35.5. The van der Waals surface area contributed by atoms with E-state index in [1.165, 1.54) is 30.0 Å². The first kappa shape index (κ1) is 13.7. The highest BCUT2D eigenvalue weighted by Crippen LogP contribution is 2.35. The van der Waals surface area contributed by atoms with Crippen molar-refractivity contribution < 1.29 is 18.9 Å². The lowest BCUT2D eigenvalue weighted by molar-refractivity contribution is -0.402. The fraction of sp³-hybridized carbons (Fsp3) is 0.0667. The standard InChI is InChI=1S/C15H10N2O5/c1-9(18)16-12-5-3-2-4-11(12)15(19)13(16)8-10-6-7-14(22-10)17(20)21/h2-8H,1H3/b13-8-. The molecule has 1 aromatic heterocycles. The molecule has 0 spiro atoms. The van der Waals surface area contributed by atoms with Crippen LogP contribution in [0.25, 0.3) is 6.08 Å². The summed E-state index contributed by atoms with van der Waals surface area (Å²) in [5.41, 5.74) is 1.01. The number of ketones is 1. The molecule has 0 fully saturated rings. The van der Waals surface area contributed by atoms with Crippen LogP contribution in [0.15, 0.2) is 46.5 Å². The molecule has 0 atom stereocenters. The molecule has 0 N–H and O–H groups in total. The van der Waals surface area contributed by atoms with Crippen LogP contribution in [0.3, 0.4) is 0 Å². The SMILES string of the molecule is CC(=O)N1/C(=C\c2ccc([N+](=O)[O-])o2)C(=O)c2ccccc21. The first-order valence-electron chi connectivity index (χ1n) is 6.39. The number of para-hydroxylation sites is 1. The Morgan fingerprint density at radius 1 is 1.27 bits per heavy atom. The van der Waals surface area contributed by atoms with E-state index in [-0.39, 0.29) is 23.1 Å². The van der Waals surface area contributed by atoms with Gasteiger partial charge in [-0.15, -0.1) is 0 Å². The van der Waals surface area contributed by atoms with Crippen molar-refractivity contribution in [1.29, 1.82) is 0 Å². The van der Waals surface area contributed by atoms with Gasteiger partial charge in [0.15, 0.2) is 0 Å². The molecular weight excluding hydrogens is 288 g/mol. The number of furan rings is 1. The van der Waals surface area contributed by atoms with E-state index in [1.54, 1.807) is 24.3 Å². The molecule has 110 valence electrons. The van der Waals surface area contributed by atoms with E-state index >= 15 is 0 Å². The summed E-state index contributed by atoms with van der Waals surface area (Å²) in [6, 6.07) is 9.29. The monoisotopic (exact) mass is 298 g/mol. The second-order valence-electron chi connectivity index (χ2n) is 4.66. The first-order valence-corrected chi connectivity index (χ1v) is 6.39. The van der Waals surface area contributed by atoms with Crippen molar-refractivity contribution in [3.63, 3.8) is 0 Å². The van der Waals surface area contributed by atoms with E-state index in [9.17, 15) is 19.7 Å². The van der Waals surface area contributed by atoms with Crippen molar-refractivity contribution in [3.05, 3.63) is 63.5 Å². The van der Waals surface area contributed by atoms with Crippen LogP contribution in [-0.4, -0.2) is 16.6 Å². The normalized spacial score (nSPS) is 15.2. The zero-order chi connectivity index (χ0) is 15.9. The van der Waals surface area contributed by atoms with Gasteiger partial charge in [0, 0.05) is 18.6 Å². The van der Waals surface area contributed by atoms with Crippen LogP contribution in [0.2, 0.25) is 0 Å². The van der Waals surface area contributed by atoms with Crippen LogP contribution in [-0.2, 0) is 4.79 Å². The number of amides is 1. The summed E-state index contributed by atoms with van der Waals surface area (Å²) in [7, 11) is 0. The number of nitrogens with zero attached hydrogens (tertiary/aromatic N) is 2. The van der Waals surface area contributed by atoms with Gasteiger partial charge in [-0.2, -0.15) is 0 Å². The number of rotatable bonds is 2.